The summed E-state index contributed by atoms with van der Waals surface area (Å²) in [6, 6.07) is 15.3. The van der Waals surface area contributed by atoms with Crippen molar-refractivity contribution in [2.75, 3.05) is 40.4 Å². The first-order chi connectivity index (χ1) is 16.0. The van der Waals surface area contributed by atoms with E-state index in [-0.39, 0.29) is 17.9 Å². The number of ether oxygens (including phenoxy) is 2. The fourth-order valence-corrected chi connectivity index (χ4v) is 4.12. The highest BCUT2D eigenvalue weighted by Gasteiger charge is 2.25. The zero-order valence-corrected chi connectivity index (χ0v) is 19.9. The number of amides is 2. The first-order valence-corrected chi connectivity index (χ1v) is 11.6. The van der Waals surface area contributed by atoms with Crippen LogP contribution >= 0.6 is 0 Å². The summed E-state index contributed by atoms with van der Waals surface area (Å²) in [5.74, 6) is 1.74. The van der Waals surface area contributed by atoms with Gasteiger partial charge in [-0.15, -0.1) is 0 Å². The molecule has 1 N–H and O–H groups in total. The van der Waals surface area contributed by atoms with Gasteiger partial charge >= 0.3 is 0 Å². The minimum Gasteiger partial charge on any atom is -0.497 e. The number of nitrogens with zero attached hydrogens (tertiary/aromatic N) is 2. The predicted octanol–water partition coefficient (Wildman–Crippen LogP) is 2.88. The maximum absolute atomic E-state index is 12.8. The first-order valence-electron chi connectivity index (χ1n) is 11.6. The Morgan fingerprint density at radius 1 is 0.970 bits per heavy atom. The van der Waals surface area contributed by atoms with Gasteiger partial charge in [0.2, 0.25) is 11.8 Å². The zero-order chi connectivity index (χ0) is 23.6. The van der Waals surface area contributed by atoms with Crippen molar-refractivity contribution in [2.45, 2.75) is 38.8 Å². The van der Waals surface area contributed by atoms with Crippen molar-refractivity contribution in [1.82, 2.24) is 15.1 Å². The van der Waals surface area contributed by atoms with Crippen LogP contribution in [0.1, 0.15) is 30.9 Å². The third-order valence-corrected chi connectivity index (χ3v) is 6.24. The Hall–Kier alpha value is -3.06. The number of carbonyl (C=O) groups excluding carboxylic acids is 2. The number of para-hydroxylation sites is 1. The van der Waals surface area contributed by atoms with E-state index in [1.807, 2.05) is 60.4 Å². The van der Waals surface area contributed by atoms with Gasteiger partial charge in [0.1, 0.15) is 11.5 Å². The van der Waals surface area contributed by atoms with Gasteiger partial charge in [0.15, 0.2) is 0 Å². The number of carbonyl (C=O) groups is 2. The van der Waals surface area contributed by atoms with E-state index in [1.165, 1.54) is 0 Å². The molecule has 1 atom stereocenters. The molecule has 33 heavy (non-hydrogen) atoms. The van der Waals surface area contributed by atoms with Gasteiger partial charge in [0, 0.05) is 44.7 Å². The zero-order valence-electron chi connectivity index (χ0n) is 19.9. The molecule has 0 aromatic heterocycles. The van der Waals surface area contributed by atoms with Crippen molar-refractivity contribution in [3.63, 3.8) is 0 Å². The molecule has 1 unspecified atom stereocenters. The summed E-state index contributed by atoms with van der Waals surface area (Å²) >= 11 is 0. The summed E-state index contributed by atoms with van der Waals surface area (Å²) in [6.45, 7) is 5.22. The number of hydrogen-bond acceptors (Lipinski definition) is 5. The highest BCUT2D eigenvalue weighted by molar-refractivity contribution is 5.81. The smallest absolute Gasteiger partial charge is 0.237 e. The second-order valence-corrected chi connectivity index (χ2v) is 8.32. The van der Waals surface area contributed by atoms with E-state index < -0.39 is 0 Å². The summed E-state index contributed by atoms with van der Waals surface area (Å²) in [5, 5.41) is 3.02. The molecule has 1 aliphatic rings. The van der Waals surface area contributed by atoms with Crippen molar-refractivity contribution >= 4 is 11.8 Å². The highest BCUT2D eigenvalue weighted by atomic mass is 16.5. The molecule has 1 aliphatic heterocycles. The van der Waals surface area contributed by atoms with Gasteiger partial charge < -0.3 is 19.7 Å². The van der Waals surface area contributed by atoms with Crippen LogP contribution in [0.15, 0.2) is 48.5 Å². The summed E-state index contributed by atoms with van der Waals surface area (Å²) in [5.41, 5.74) is 2.07. The van der Waals surface area contributed by atoms with Crippen molar-refractivity contribution in [1.29, 1.82) is 0 Å². The molecule has 0 aliphatic carbocycles. The summed E-state index contributed by atoms with van der Waals surface area (Å²) < 4.78 is 10.5. The van der Waals surface area contributed by atoms with Crippen LogP contribution in [-0.2, 0) is 22.6 Å². The fraction of sp³-hybridized carbons (Fsp3) is 0.462. The van der Waals surface area contributed by atoms with Gasteiger partial charge in [-0.2, -0.15) is 0 Å². The predicted molar refractivity (Wildman–Crippen MR) is 128 cm³/mol. The molecule has 0 saturated carbocycles. The van der Waals surface area contributed by atoms with Crippen molar-refractivity contribution in [3.8, 4) is 11.5 Å². The van der Waals surface area contributed by atoms with Crippen LogP contribution in [0.25, 0.3) is 0 Å². The van der Waals surface area contributed by atoms with Crippen molar-refractivity contribution in [3.05, 3.63) is 59.7 Å². The van der Waals surface area contributed by atoms with Crippen molar-refractivity contribution < 1.29 is 19.1 Å². The Kier molecular flexibility index (Phi) is 9.13. The molecule has 7 heteroatoms. The van der Waals surface area contributed by atoms with Gasteiger partial charge in [-0.1, -0.05) is 30.3 Å². The van der Waals surface area contributed by atoms with E-state index in [0.717, 1.165) is 42.1 Å². The molecule has 2 aromatic carbocycles. The van der Waals surface area contributed by atoms with Gasteiger partial charge in [-0.05, 0) is 43.5 Å². The van der Waals surface area contributed by atoms with Crippen LogP contribution in [0.4, 0.5) is 0 Å². The third-order valence-electron chi connectivity index (χ3n) is 6.24. The van der Waals surface area contributed by atoms with E-state index in [1.54, 1.807) is 14.2 Å². The monoisotopic (exact) mass is 453 g/mol. The van der Waals surface area contributed by atoms with Crippen LogP contribution in [0.5, 0.6) is 11.5 Å². The van der Waals surface area contributed by atoms with E-state index in [0.29, 0.717) is 32.5 Å². The molecule has 2 aromatic rings. The SMILES string of the molecule is COc1ccc(CCC(=O)N2CCCN(C(C)C(=O)NCc3ccccc3OC)CC2)cc1. The van der Waals surface area contributed by atoms with E-state index in [2.05, 4.69) is 10.2 Å². The lowest BCUT2D eigenvalue weighted by atomic mass is 10.1. The largest absolute Gasteiger partial charge is 0.497 e. The van der Waals surface area contributed by atoms with Crippen LogP contribution < -0.4 is 14.8 Å². The molecular weight excluding hydrogens is 418 g/mol. The van der Waals surface area contributed by atoms with E-state index >= 15 is 0 Å². The number of hydrogen-bond donors (Lipinski definition) is 1. The average molecular weight is 454 g/mol. The van der Waals surface area contributed by atoms with Gasteiger partial charge in [0.05, 0.1) is 20.3 Å². The molecule has 1 fully saturated rings. The molecule has 0 bridgehead atoms. The molecule has 3 rings (SSSR count). The Morgan fingerprint density at radius 2 is 1.73 bits per heavy atom. The molecule has 2 amide bonds. The lowest BCUT2D eigenvalue weighted by Gasteiger charge is -2.27. The Labute approximate surface area is 196 Å². The van der Waals surface area contributed by atoms with Gasteiger partial charge in [-0.25, -0.2) is 0 Å². The molecule has 0 spiro atoms. The maximum Gasteiger partial charge on any atom is 0.237 e. The Balaban J connectivity index is 1.45. The molecule has 1 heterocycles. The Bertz CT molecular complexity index is 916. The van der Waals surface area contributed by atoms with Crippen molar-refractivity contribution in [2.24, 2.45) is 0 Å². The van der Waals surface area contributed by atoms with Crippen LogP contribution in [0, 0.1) is 0 Å². The molecule has 7 nitrogen and oxygen atoms in total. The Morgan fingerprint density at radius 3 is 2.45 bits per heavy atom. The maximum atomic E-state index is 12.8. The number of benzene rings is 2. The standard InChI is InChI=1S/C26H35N3O4/c1-20(26(31)27-19-22-7-4-5-8-24(22)33-3)28-15-6-16-29(18-17-28)25(30)14-11-21-9-12-23(32-2)13-10-21/h4-5,7-10,12-13,20H,6,11,14-19H2,1-3H3,(H,27,31). The topological polar surface area (TPSA) is 71.1 Å². The van der Waals surface area contributed by atoms with Gasteiger partial charge in [-0.3, -0.25) is 14.5 Å². The molecule has 178 valence electrons. The van der Waals surface area contributed by atoms with E-state index in [9.17, 15) is 9.59 Å². The summed E-state index contributed by atoms with van der Waals surface area (Å²) in [4.78, 5) is 29.6. The minimum atomic E-state index is -0.256. The van der Waals surface area contributed by atoms with Crippen LogP contribution in [-0.4, -0.2) is 68.1 Å². The highest BCUT2D eigenvalue weighted by Crippen LogP contribution is 2.17. The number of aryl methyl sites for hydroxylation is 1. The summed E-state index contributed by atoms with van der Waals surface area (Å²) in [7, 11) is 3.27. The third kappa shape index (κ3) is 6.96. The number of rotatable bonds is 9. The van der Waals surface area contributed by atoms with Crippen LogP contribution in [0.2, 0.25) is 0 Å². The first kappa shape index (κ1) is 24.6. The molecular formula is C26H35N3O4. The number of nitrogens with one attached hydrogen (secondary N) is 1. The minimum absolute atomic E-state index is 0.0137. The van der Waals surface area contributed by atoms with E-state index in [4.69, 9.17) is 9.47 Å². The lowest BCUT2D eigenvalue weighted by Crippen LogP contribution is -2.46. The van der Waals surface area contributed by atoms with Gasteiger partial charge in [0.25, 0.3) is 0 Å². The molecule has 0 radical (unpaired) electrons. The molecule has 1 saturated heterocycles. The average Bonchev–Trinajstić information content (AvgIpc) is 3.12. The normalized spacial score (nSPS) is 15.4. The second kappa shape index (κ2) is 12.3. The number of methoxy groups -OCH3 is 2. The fourth-order valence-electron chi connectivity index (χ4n) is 4.12. The second-order valence-electron chi connectivity index (χ2n) is 8.32. The summed E-state index contributed by atoms with van der Waals surface area (Å²) in [6.07, 6.45) is 2.06. The quantitative estimate of drug-likeness (QED) is 0.632. The lowest BCUT2D eigenvalue weighted by molar-refractivity contribution is -0.131. The van der Waals surface area contributed by atoms with Crippen LogP contribution in [0.3, 0.4) is 0 Å².